The fourth-order valence-electron chi connectivity index (χ4n) is 1.47. The Balaban J connectivity index is 2.60. The van der Waals surface area contributed by atoms with Gasteiger partial charge in [0.25, 0.3) is 0 Å². The molecular formula is C9H14O3. The standard InChI is InChI=1S/C9H14O3/c1-7(10)6-9(2)5-3-4-8(11)12-9/h3-4,7,10H,5-6H2,1-2H3. The second-order valence-corrected chi connectivity index (χ2v) is 3.53. The lowest BCUT2D eigenvalue weighted by molar-refractivity contribution is -0.155. The Morgan fingerprint density at radius 2 is 2.50 bits per heavy atom. The van der Waals surface area contributed by atoms with Crippen LogP contribution in [0.5, 0.6) is 0 Å². The summed E-state index contributed by atoms with van der Waals surface area (Å²) >= 11 is 0. The summed E-state index contributed by atoms with van der Waals surface area (Å²) in [4.78, 5) is 10.9. The number of hydrogen-bond donors (Lipinski definition) is 1. The van der Waals surface area contributed by atoms with E-state index in [1.165, 1.54) is 6.08 Å². The average molecular weight is 170 g/mol. The summed E-state index contributed by atoms with van der Waals surface area (Å²) in [6, 6.07) is 0. The first kappa shape index (κ1) is 9.26. The van der Waals surface area contributed by atoms with Gasteiger partial charge in [0.15, 0.2) is 0 Å². The quantitative estimate of drug-likeness (QED) is 0.629. The predicted octanol–water partition coefficient (Wildman–Crippen LogP) is 1.02. The van der Waals surface area contributed by atoms with Gasteiger partial charge in [-0.2, -0.15) is 0 Å². The number of carbonyl (C=O) groups is 1. The molecule has 1 heterocycles. The van der Waals surface area contributed by atoms with Crippen molar-refractivity contribution < 1.29 is 14.6 Å². The zero-order valence-electron chi connectivity index (χ0n) is 7.41. The zero-order valence-corrected chi connectivity index (χ0v) is 7.41. The Morgan fingerprint density at radius 3 is 3.00 bits per heavy atom. The Bertz CT molecular complexity index is 208. The number of esters is 1. The second kappa shape index (κ2) is 3.27. The summed E-state index contributed by atoms with van der Waals surface area (Å²) in [7, 11) is 0. The maximum Gasteiger partial charge on any atom is 0.330 e. The number of aliphatic hydroxyl groups excluding tert-OH is 1. The van der Waals surface area contributed by atoms with Gasteiger partial charge in [-0.1, -0.05) is 6.08 Å². The van der Waals surface area contributed by atoms with Crippen molar-refractivity contribution in [2.75, 3.05) is 0 Å². The van der Waals surface area contributed by atoms with Gasteiger partial charge in [0.2, 0.25) is 0 Å². The van der Waals surface area contributed by atoms with Crippen LogP contribution >= 0.6 is 0 Å². The number of aliphatic hydroxyl groups is 1. The molecule has 1 N–H and O–H groups in total. The minimum absolute atomic E-state index is 0.315. The van der Waals surface area contributed by atoms with E-state index in [9.17, 15) is 4.79 Å². The minimum atomic E-state index is -0.514. The molecule has 1 aliphatic heterocycles. The average Bonchev–Trinajstić information content (AvgIpc) is 1.82. The molecule has 68 valence electrons. The fourth-order valence-corrected chi connectivity index (χ4v) is 1.47. The Morgan fingerprint density at radius 1 is 1.83 bits per heavy atom. The molecule has 0 bridgehead atoms. The lowest BCUT2D eigenvalue weighted by Gasteiger charge is -2.31. The summed E-state index contributed by atoms with van der Waals surface area (Å²) in [5.41, 5.74) is -0.514. The highest BCUT2D eigenvalue weighted by atomic mass is 16.6. The van der Waals surface area contributed by atoms with Crippen LogP contribution in [0.1, 0.15) is 26.7 Å². The first-order valence-electron chi connectivity index (χ1n) is 4.09. The van der Waals surface area contributed by atoms with Crippen LogP contribution in [-0.4, -0.2) is 22.8 Å². The second-order valence-electron chi connectivity index (χ2n) is 3.53. The molecule has 0 saturated carbocycles. The molecule has 1 rings (SSSR count). The van der Waals surface area contributed by atoms with Crippen LogP contribution in [0, 0.1) is 0 Å². The van der Waals surface area contributed by atoms with E-state index in [4.69, 9.17) is 9.84 Å². The summed E-state index contributed by atoms with van der Waals surface area (Å²) < 4.78 is 5.10. The summed E-state index contributed by atoms with van der Waals surface area (Å²) in [5.74, 6) is -0.315. The molecule has 3 heteroatoms. The zero-order chi connectivity index (χ0) is 9.19. The smallest absolute Gasteiger partial charge is 0.330 e. The molecule has 0 aromatic heterocycles. The molecular weight excluding hydrogens is 156 g/mol. The predicted molar refractivity (Wildman–Crippen MR) is 44.6 cm³/mol. The van der Waals surface area contributed by atoms with Crippen LogP contribution in [-0.2, 0) is 9.53 Å². The van der Waals surface area contributed by atoms with E-state index in [1.807, 2.05) is 6.92 Å². The van der Waals surface area contributed by atoms with Gasteiger partial charge in [-0.3, -0.25) is 0 Å². The van der Waals surface area contributed by atoms with Gasteiger partial charge >= 0.3 is 5.97 Å². The molecule has 2 atom stereocenters. The Kier molecular flexibility index (Phi) is 2.52. The molecule has 0 spiro atoms. The van der Waals surface area contributed by atoms with Crippen molar-refractivity contribution in [2.24, 2.45) is 0 Å². The fraction of sp³-hybridized carbons (Fsp3) is 0.667. The van der Waals surface area contributed by atoms with Gasteiger partial charge in [-0.25, -0.2) is 4.79 Å². The van der Waals surface area contributed by atoms with Gasteiger partial charge in [-0.15, -0.1) is 0 Å². The maximum absolute atomic E-state index is 10.9. The number of hydrogen-bond acceptors (Lipinski definition) is 3. The third-order valence-electron chi connectivity index (χ3n) is 1.88. The topological polar surface area (TPSA) is 46.5 Å². The van der Waals surface area contributed by atoms with Crippen LogP contribution in [0.4, 0.5) is 0 Å². The highest BCUT2D eigenvalue weighted by molar-refractivity contribution is 5.83. The molecule has 3 nitrogen and oxygen atoms in total. The molecule has 1 aliphatic rings. The summed E-state index contributed by atoms with van der Waals surface area (Å²) in [5, 5.41) is 9.14. The van der Waals surface area contributed by atoms with E-state index in [2.05, 4.69) is 0 Å². The first-order chi connectivity index (χ1) is 5.52. The summed E-state index contributed by atoms with van der Waals surface area (Å²) in [6.07, 6.45) is 3.94. The van der Waals surface area contributed by atoms with Crippen LogP contribution in [0.2, 0.25) is 0 Å². The van der Waals surface area contributed by atoms with Crippen molar-refractivity contribution in [3.63, 3.8) is 0 Å². The van der Waals surface area contributed by atoms with E-state index in [-0.39, 0.29) is 5.97 Å². The number of cyclic esters (lactones) is 1. The maximum atomic E-state index is 10.9. The van der Waals surface area contributed by atoms with E-state index in [1.54, 1.807) is 13.0 Å². The SMILES string of the molecule is CC(O)CC1(C)CC=CC(=O)O1. The molecule has 2 unspecified atom stereocenters. The van der Waals surface area contributed by atoms with Crippen molar-refractivity contribution in [1.82, 2.24) is 0 Å². The van der Waals surface area contributed by atoms with Gasteiger partial charge in [0, 0.05) is 18.9 Å². The molecule has 12 heavy (non-hydrogen) atoms. The number of carbonyl (C=O) groups excluding carboxylic acids is 1. The molecule has 0 aromatic rings. The van der Waals surface area contributed by atoms with E-state index < -0.39 is 11.7 Å². The Labute approximate surface area is 72.0 Å². The van der Waals surface area contributed by atoms with Crippen LogP contribution in [0.15, 0.2) is 12.2 Å². The van der Waals surface area contributed by atoms with Gasteiger partial charge in [0.05, 0.1) is 6.10 Å². The normalized spacial score (nSPS) is 31.4. The summed E-state index contributed by atoms with van der Waals surface area (Å²) in [6.45, 7) is 3.53. The van der Waals surface area contributed by atoms with E-state index >= 15 is 0 Å². The minimum Gasteiger partial charge on any atom is -0.456 e. The Hall–Kier alpha value is -0.830. The van der Waals surface area contributed by atoms with Crippen molar-refractivity contribution in [2.45, 2.75) is 38.4 Å². The van der Waals surface area contributed by atoms with Gasteiger partial charge in [0.1, 0.15) is 5.60 Å². The first-order valence-corrected chi connectivity index (χ1v) is 4.09. The monoisotopic (exact) mass is 170 g/mol. The molecule has 0 aromatic carbocycles. The van der Waals surface area contributed by atoms with Crippen molar-refractivity contribution >= 4 is 5.97 Å². The highest BCUT2D eigenvalue weighted by Gasteiger charge is 2.30. The highest BCUT2D eigenvalue weighted by Crippen LogP contribution is 2.25. The van der Waals surface area contributed by atoms with Crippen LogP contribution < -0.4 is 0 Å². The van der Waals surface area contributed by atoms with Crippen molar-refractivity contribution in [1.29, 1.82) is 0 Å². The number of rotatable bonds is 2. The lowest BCUT2D eigenvalue weighted by Crippen LogP contribution is -2.36. The van der Waals surface area contributed by atoms with E-state index in [0.717, 1.165) is 0 Å². The van der Waals surface area contributed by atoms with Crippen LogP contribution in [0.25, 0.3) is 0 Å². The molecule has 0 fully saturated rings. The van der Waals surface area contributed by atoms with Crippen molar-refractivity contribution in [3.8, 4) is 0 Å². The molecule has 0 radical (unpaired) electrons. The molecule has 0 saturated heterocycles. The number of ether oxygens (including phenoxy) is 1. The third kappa shape index (κ3) is 2.34. The van der Waals surface area contributed by atoms with Gasteiger partial charge < -0.3 is 9.84 Å². The van der Waals surface area contributed by atoms with Gasteiger partial charge in [-0.05, 0) is 13.8 Å². The molecule has 0 amide bonds. The van der Waals surface area contributed by atoms with E-state index in [0.29, 0.717) is 12.8 Å². The van der Waals surface area contributed by atoms with Crippen LogP contribution in [0.3, 0.4) is 0 Å². The molecule has 0 aliphatic carbocycles. The van der Waals surface area contributed by atoms with Crippen molar-refractivity contribution in [3.05, 3.63) is 12.2 Å². The largest absolute Gasteiger partial charge is 0.456 e. The lowest BCUT2D eigenvalue weighted by atomic mass is 9.93. The third-order valence-corrected chi connectivity index (χ3v) is 1.88.